The number of alkyl halides is 1. The second-order valence-electron chi connectivity index (χ2n) is 5.42. The third-order valence-electron chi connectivity index (χ3n) is 3.96. The lowest BCUT2D eigenvalue weighted by atomic mass is 10.2. The van der Waals surface area contributed by atoms with Crippen molar-refractivity contribution < 1.29 is 0 Å². The number of likely N-dealkylation sites (N-methyl/N-ethyl adjacent to an activating group) is 1. The minimum atomic E-state index is 0.489. The molecular weight excluding hydrogens is 262 g/mol. The van der Waals surface area contributed by atoms with Crippen LogP contribution < -0.4 is 0 Å². The summed E-state index contributed by atoms with van der Waals surface area (Å²) < 4.78 is 4.31. The van der Waals surface area contributed by atoms with Gasteiger partial charge in [0.25, 0.3) is 0 Å². The zero-order valence-electron chi connectivity index (χ0n) is 11.7. The van der Waals surface area contributed by atoms with Crippen LogP contribution in [-0.4, -0.2) is 50.2 Å². The van der Waals surface area contributed by atoms with Gasteiger partial charge in [-0.1, -0.05) is 0 Å². The van der Waals surface area contributed by atoms with Crippen LogP contribution in [0.5, 0.6) is 0 Å². The summed E-state index contributed by atoms with van der Waals surface area (Å²) in [6, 6.07) is 0.489. The Morgan fingerprint density at radius 3 is 2.79 bits per heavy atom. The SMILES string of the molecule is Cc1nn(C)c2c1nc(CCCl)n2C1CCN(C)C1. The minimum absolute atomic E-state index is 0.489. The molecule has 1 unspecified atom stereocenters. The molecule has 0 aromatic carbocycles. The van der Waals surface area contributed by atoms with Gasteiger partial charge in [0.15, 0.2) is 5.65 Å². The Balaban J connectivity index is 2.15. The van der Waals surface area contributed by atoms with Gasteiger partial charge in [0.1, 0.15) is 11.3 Å². The zero-order chi connectivity index (χ0) is 13.6. The number of fused-ring (bicyclic) bond motifs is 1. The highest BCUT2D eigenvalue weighted by Crippen LogP contribution is 2.28. The maximum atomic E-state index is 5.93. The number of hydrogen-bond donors (Lipinski definition) is 0. The molecule has 1 aliphatic heterocycles. The van der Waals surface area contributed by atoms with Crippen LogP contribution in [-0.2, 0) is 13.5 Å². The van der Waals surface area contributed by atoms with Crippen LogP contribution in [0.4, 0.5) is 0 Å². The first kappa shape index (κ1) is 12.9. The normalized spacial score (nSPS) is 20.7. The molecule has 104 valence electrons. The molecule has 1 atom stereocenters. The highest BCUT2D eigenvalue weighted by molar-refractivity contribution is 6.17. The van der Waals surface area contributed by atoms with Gasteiger partial charge in [0, 0.05) is 25.9 Å². The van der Waals surface area contributed by atoms with E-state index in [-0.39, 0.29) is 0 Å². The fraction of sp³-hybridized carbons (Fsp3) is 0.692. The number of aromatic nitrogens is 4. The van der Waals surface area contributed by atoms with E-state index in [0.29, 0.717) is 11.9 Å². The molecule has 0 radical (unpaired) electrons. The number of halogens is 1. The van der Waals surface area contributed by atoms with Gasteiger partial charge < -0.3 is 9.47 Å². The Hall–Kier alpha value is -1.07. The average molecular weight is 282 g/mol. The van der Waals surface area contributed by atoms with Crippen LogP contribution >= 0.6 is 11.6 Å². The second kappa shape index (κ2) is 4.80. The van der Waals surface area contributed by atoms with Crippen molar-refractivity contribution in [2.24, 2.45) is 7.05 Å². The second-order valence-corrected chi connectivity index (χ2v) is 5.80. The fourth-order valence-corrected chi connectivity index (χ4v) is 3.28. The number of imidazole rings is 1. The Bertz CT molecular complexity index is 600. The Morgan fingerprint density at radius 2 is 2.16 bits per heavy atom. The maximum Gasteiger partial charge on any atom is 0.158 e. The molecule has 2 aromatic heterocycles. The van der Waals surface area contributed by atoms with Gasteiger partial charge in [0.2, 0.25) is 0 Å². The molecule has 1 saturated heterocycles. The summed E-state index contributed by atoms with van der Waals surface area (Å²) >= 11 is 5.93. The fourth-order valence-electron chi connectivity index (χ4n) is 3.11. The van der Waals surface area contributed by atoms with Crippen LogP contribution in [0.2, 0.25) is 0 Å². The maximum absolute atomic E-state index is 5.93. The lowest BCUT2D eigenvalue weighted by Gasteiger charge is -2.16. The molecule has 0 aliphatic carbocycles. The average Bonchev–Trinajstić information content (AvgIpc) is 2.99. The van der Waals surface area contributed by atoms with Crippen molar-refractivity contribution in [2.45, 2.75) is 25.8 Å². The Labute approximate surface area is 118 Å². The minimum Gasteiger partial charge on any atom is -0.308 e. The molecule has 1 aliphatic rings. The van der Waals surface area contributed by atoms with Crippen LogP contribution in [0.25, 0.3) is 11.2 Å². The van der Waals surface area contributed by atoms with E-state index in [0.717, 1.165) is 42.2 Å². The largest absolute Gasteiger partial charge is 0.308 e. The molecule has 2 aromatic rings. The molecule has 0 bridgehead atoms. The van der Waals surface area contributed by atoms with Crippen molar-refractivity contribution in [3.8, 4) is 0 Å². The van der Waals surface area contributed by atoms with Crippen molar-refractivity contribution >= 4 is 22.8 Å². The summed E-state index contributed by atoms with van der Waals surface area (Å²) in [6.07, 6.45) is 1.98. The Kier molecular flexibility index (Phi) is 3.27. The van der Waals surface area contributed by atoms with Crippen molar-refractivity contribution in [3.05, 3.63) is 11.5 Å². The lowest BCUT2D eigenvalue weighted by molar-refractivity contribution is 0.391. The highest BCUT2D eigenvalue weighted by atomic mass is 35.5. The molecular formula is C13H20ClN5. The topological polar surface area (TPSA) is 38.9 Å². The standard InChI is InChI=1S/C13H20ClN5/c1-9-12-13(18(3)16-9)19(11(15-12)4-6-14)10-5-7-17(2)8-10/h10H,4-8H2,1-3H3. The lowest BCUT2D eigenvalue weighted by Crippen LogP contribution is -2.19. The smallest absolute Gasteiger partial charge is 0.158 e. The molecule has 0 spiro atoms. The Morgan fingerprint density at radius 1 is 1.37 bits per heavy atom. The van der Waals surface area contributed by atoms with E-state index in [4.69, 9.17) is 16.6 Å². The van der Waals surface area contributed by atoms with Crippen molar-refractivity contribution in [2.75, 3.05) is 26.0 Å². The first-order valence-electron chi connectivity index (χ1n) is 6.76. The highest BCUT2D eigenvalue weighted by Gasteiger charge is 2.27. The third kappa shape index (κ3) is 2.05. The van der Waals surface area contributed by atoms with E-state index in [2.05, 4.69) is 21.6 Å². The molecule has 0 saturated carbocycles. The van der Waals surface area contributed by atoms with Gasteiger partial charge in [-0.25, -0.2) is 4.98 Å². The van der Waals surface area contributed by atoms with Crippen molar-refractivity contribution in [1.82, 2.24) is 24.2 Å². The summed E-state index contributed by atoms with van der Waals surface area (Å²) in [4.78, 5) is 7.13. The number of rotatable bonds is 3. The van der Waals surface area contributed by atoms with Gasteiger partial charge in [-0.05, 0) is 26.9 Å². The molecule has 0 N–H and O–H groups in total. The summed E-state index contributed by atoms with van der Waals surface area (Å²) in [5.41, 5.74) is 3.16. The first-order chi connectivity index (χ1) is 9.11. The predicted molar refractivity (Wildman–Crippen MR) is 76.8 cm³/mol. The predicted octanol–water partition coefficient (Wildman–Crippen LogP) is 1.74. The van der Waals surface area contributed by atoms with Crippen LogP contribution in [0, 0.1) is 6.92 Å². The molecule has 5 nitrogen and oxygen atoms in total. The van der Waals surface area contributed by atoms with Gasteiger partial charge >= 0.3 is 0 Å². The summed E-state index contributed by atoms with van der Waals surface area (Å²) in [7, 11) is 4.17. The summed E-state index contributed by atoms with van der Waals surface area (Å²) in [5.74, 6) is 1.71. The van der Waals surface area contributed by atoms with Gasteiger partial charge in [-0.2, -0.15) is 5.10 Å². The number of aryl methyl sites for hydroxylation is 3. The molecule has 3 rings (SSSR count). The van der Waals surface area contributed by atoms with E-state index in [1.165, 1.54) is 6.42 Å². The molecule has 3 heterocycles. The van der Waals surface area contributed by atoms with E-state index >= 15 is 0 Å². The van der Waals surface area contributed by atoms with Crippen LogP contribution in [0.1, 0.15) is 24.0 Å². The van der Waals surface area contributed by atoms with Crippen LogP contribution in [0.15, 0.2) is 0 Å². The van der Waals surface area contributed by atoms with Crippen LogP contribution in [0.3, 0.4) is 0 Å². The third-order valence-corrected chi connectivity index (χ3v) is 4.15. The van der Waals surface area contributed by atoms with E-state index < -0.39 is 0 Å². The van der Waals surface area contributed by atoms with Gasteiger partial charge in [-0.3, -0.25) is 4.68 Å². The zero-order valence-corrected chi connectivity index (χ0v) is 12.5. The number of nitrogens with zero attached hydrogens (tertiary/aromatic N) is 5. The molecule has 6 heteroatoms. The summed E-state index contributed by atoms with van der Waals surface area (Å²) in [6.45, 7) is 4.23. The van der Waals surface area contributed by atoms with Crippen molar-refractivity contribution in [3.63, 3.8) is 0 Å². The van der Waals surface area contributed by atoms with Gasteiger partial charge in [0.05, 0.1) is 11.7 Å². The summed E-state index contributed by atoms with van der Waals surface area (Å²) in [5, 5.41) is 4.49. The quantitative estimate of drug-likeness (QED) is 0.805. The molecule has 19 heavy (non-hydrogen) atoms. The number of likely N-dealkylation sites (tertiary alicyclic amines) is 1. The van der Waals surface area contributed by atoms with Crippen molar-refractivity contribution in [1.29, 1.82) is 0 Å². The molecule has 0 amide bonds. The molecule has 1 fully saturated rings. The van der Waals surface area contributed by atoms with Gasteiger partial charge in [-0.15, -0.1) is 11.6 Å². The first-order valence-corrected chi connectivity index (χ1v) is 7.30. The van der Waals surface area contributed by atoms with E-state index in [9.17, 15) is 0 Å². The van der Waals surface area contributed by atoms with E-state index in [1.54, 1.807) is 0 Å². The van der Waals surface area contributed by atoms with E-state index in [1.807, 2.05) is 18.7 Å². The monoisotopic (exact) mass is 281 g/mol. The number of hydrogen-bond acceptors (Lipinski definition) is 3.